The molecule has 1 fully saturated rings. The van der Waals surface area contributed by atoms with Gasteiger partial charge in [-0.2, -0.15) is 0 Å². The average molecular weight is 333 g/mol. The molecule has 0 unspecified atom stereocenters. The highest BCUT2D eigenvalue weighted by atomic mass is 16.5. The van der Waals surface area contributed by atoms with E-state index in [1.54, 1.807) is 43.0 Å². The molecule has 7 nitrogen and oxygen atoms in total. The molecular formula is C17H23N3O4. The van der Waals surface area contributed by atoms with Gasteiger partial charge in [0.25, 0.3) is 0 Å². The summed E-state index contributed by atoms with van der Waals surface area (Å²) in [5.41, 5.74) is 1.09. The lowest BCUT2D eigenvalue weighted by Gasteiger charge is -2.33. The predicted molar refractivity (Wildman–Crippen MR) is 89.7 cm³/mol. The van der Waals surface area contributed by atoms with E-state index in [9.17, 15) is 14.4 Å². The normalized spacial score (nSPS) is 15.0. The third-order valence-corrected chi connectivity index (χ3v) is 3.86. The van der Waals surface area contributed by atoms with Crippen molar-refractivity contribution in [1.82, 2.24) is 9.80 Å². The first kappa shape index (κ1) is 17.9. The standard InChI is InChI=1S/C17H23N3O4/c1-3-24-17(23)14-4-6-15(7-5-14)18-16(22)12-19-8-10-20(11-9-19)13(2)21/h4-7H,3,8-12H2,1-2H3,(H,18,22). The first-order valence-electron chi connectivity index (χ1n) is 8.04. The van der Waals surface area contributed by atoms with E-state index in [1.165, 1.54) is 0 Å². The maximum Gasteiger partial charge on any atom is 0.338 e. The Morgan fingerprint density at radius 1 is 1.08 bits per heavy atom. The summed E-state index contributed by atoms with van der Waals surface area (Å²) < 4.78 is 4.91. The first-order chi connectivity index (χ1) is 11.5. The van der Waals surface area contributed by atoms with Crippen LogP contribution in [0.25, 0.3) is 0 Å². The van der Waals surface area contributed by atoms with E-state index in [2.05, 4.69) is 5.32 Å². The molecule has 0 bridgehead atoms. The summed E-state index contributed by atoms with van der Waals surface area (Å²) in [5, 5.41) is 2.81. The molecule has 0 atom stereocenters. The van der Waals surface area contributed by atoms with Crippen molar-refractivity contribution in [2.45, 2.75) is 13.8 Å². The number of benzene rings is 1. The zero-order valence-electron chi connectivity index (χ0n) is 14.1. The van der Waals surface area contributed by atoms with Crippen LogP contribution in [0.2, 0.25) is 0 Å². The van der Waals surface area contributed by atoms with Crippen molar-refractivity contribution in [2.75, 3.05) is 44.6 Å². The van der Waals surface area contributed by atoms with E-state index >= 15 is 0 Å². The van der Waals surface area contributed by atoms with Gasteiger partial charge in [-0.05, 0) is 31.2 Å². The van der Waals surface area contributed by atoms with Crippen LogP contribution in [0, 0.1) is 0 Å². The van der Waals surface area contributed by atoms with E-state index in [0.717, 1.165) is 0 Å². The SMILES string of the molecule is CCOC(=O)c1ccc(NC(=O)CN2CCN(C(C)=O)CC2)cc1. The highest BCUT2D eigenvalue weighted by Gasteiger charge is 2.20. The number of piperazine rings is 1. The number of ether oxygens (including phenoxy) is 1. The molecule has 1 N–H and O–H groups in total. The van der Waals surface area contributed by atoms with Crippen LogP contribution in [0.15, 0.2) is 24.3 Å². The number of amides is 2. The summed E-state index contributed by atoms with van der Waals surface area (Å²) in [6, 6.07) is 6.61. The second-order valence-corrected chi connectivity index (χ2v) is 5.63. The highest BCUT2D eigenvalue weighted by Crippen LogP contribution is 2.11. The van der Waals surface area contributed by atoms with Crippen molar-refractivity contribution >= 4 is 23.5 Å². The summed E-state index contributed by atoms with van der Waals surface area (Å²) in [5.74, 6) is -0.422. The van der Waals surface area contributed by atoms with Gasteiger partial charge in [-0.15, -0.1) is 0 Å². The average Bonchev–Trinajstić information content (AvgIpc) is 2.56. The number of nitrogens with zero attached hydrogens (tertiary/aromatic N) is 2. The number of anilines is 1. The summed E-state index contributed by atoms with van der Waals surface area (Å²) >= 11 is 0. The van der Waals surface area contributed by atoms with E-state index in [0.29, 0.717) is 44.0 Å². The number of rotatable bonds is 5. The van der Waals surface area contributed by atoms with Gasteiger partial charge in [0.05, 0.1) is 18.7 Å². The fourth-order valence-electron chi connectivity index (χ4n) is 2.53. The number of carbonyl (C=O) groups excluding carboxylic acids is 3. The molecule has 1 saturated heterocycles. The maximum atomic E-state index is 12.1. The van der Waals surface area contributed by atoms with Gasteiger partial charge in [0, 0.05) is 38.8 Å². The summed E-state index contributed by atoms with van der Waals surface area (Å²) in [6.45, 7) is 6.60. The Morgan fingerprint density at radius 3 is 2.25 bits per heavy atom. The van der Waals surface area contributed by atoms with Crippen LogP contribution in [0.1, 0.15) is 24.2 Å². The van der Waals surface area contributed by atoms with Gasteiger partial charge in [0.2, 0.25) is 11.8 Å². The molecule has 2 amide bonds. The van der Waals surface area contributed by atoms with Gasteiger partial charge >= 0.3 is 5.97 Å². The number of esters is 1. The number of carbonyl (C=O) groups is 3. The molecule has 0 saturated carbocycles. The Labute approximate surface area is 141 Å². The van der Waals surface area contributed by atoms with Crippen molar-refractivity contribution < 1.29 is 19.1 Å². The molecule has 1 heterocycles. The number of hydrogen-bond donors (Lipinski definition) is 1. The zero-order valence-corrected chi connectivity index (χ0v) is 14.1. The van der Waals surface area contributed by atoms with Gasteiger partial charge < -0.3 is 15.0 Å². The molecule has 1 aliphatic rings. The summed E-state index contributed by atoms with van der Waals surface area (Å²) in [4.78, 5) is 38.7. The van der Waals surface area contributed by atoms with E-state index in [1.807, 2.05) is 4.90 Å². The highest BCUT2D eigenvalue weighted by molar-refractivity contribution is 5.94. The molecule has 7 heteroatoms. The second-order valence-electron chi connectivity index (χ2n) is 5.63. The Hall–Kier alpha value is -2.41. The fraction of sp³-hybridized carbons (Fsp3) is 0.471. The Morgan fingerprint density at radius 2 is 1.71 bits per heavy atom. The molecule has 0 aliphatic carbocycles. The minimum absolute atomic E-state index is 0.0702. The molecule has 2 rings (SSSR count). The van der Waals surface area contributed by atoms with Crippen molar-refractivity contribution in [3.8, 4) is 0 Å². The van der Waals surface area contributed by atoms with Crippen molar-refractivity contribution in [1.29, 1.82) is 0 Å². The molecule has 130 valence electrons. The predicted octanol–water partition coefficient (Wildman–Crippen LogP) is 0.966. The van der Waals surface area contributed by atoms with Crippen LogP contribution in [0.5, 0.6) is 0 Å². The first-order valence-corrected chi connectivity index (χ1v) is 8.04. The van der Waals surface area contributed by atoms with Gasteiger partial charge in [-0.3, -0.25) is 14.5 Å². The molecule has 0 aromatic heterocycles. The lowest BCUT2D eigenvalue weighted by atomic mass is 10.2. The molecule has 24 heavy (non-hydrogen) atoms. The zero-order chi connectivity index (χ0) is 17.5. The summed E-state index contributed by atoms with van der Waals surface area (Å²) in [7, 11) is 0. The Kier molecular flexibility index (Phi) is 6.31. The van der Waals surface area contributed by atoms with Gasteiger partial charge in [0.1, 0.15) is 0 Å². The smallest absolute Gasteiger partial charge is 0.338 e. The number of nitrogens with one attached hydrogen (secondary N) is 1. The topological polar surface area (TPSA) is 79.0 Å². The van der Waals surface area contributed by atoms with Gasteiger partial charge in [-0.1, -0.05) is 0 Å². The van der Waals surface area contributed by atoms with Crippen LogP contribution < -0.4 is 5.32 Å². The monoisotopic (exact) mass is 333 g/mol. The van der Waals surface area contributed by atoms with Crippen LogP contribution in [0.4, 0.5) is 5.69 Å². The molecule has 0 spiro atoms. The molecular weight excluding hydrogens is 310 g/mol. The van der Waals surface area contributed by atoms with Crippen LogP contribution in [-0.2, 0) is 14.3 Å². The molecule has 0 radical (unpaired) electrons. The molecule has 1 aromatic rings. The third-order valence-electron chi connectivity index (χ3n) is 3.86. The van der Waals surface area contributed by atoms with Crippen molar-refractivity contribution in [3.05, 3.63) is 29.8 Å². The van der Waals surface area contributed by atoms with Crippen LogP contribution >= 0.6 is 0 Å². The van der Waals surface area contributed by atoms with E-state index in [-0.39, 0.29) is 24.3 Å². The molecule has 1 aromatic carbocycles. The largest absolute Gasteiger partial charge is 0.462 e. The Bertz CT molecular complexity index is 592. The fourth-order valence-corrected chi connectivity index (χ4v) is 2.53. The Balaban J connectivity index is 1.80. The van der Waals surface area contributed by atoms with Crippen molar-refractivity contribution in [3.63, 3.8) is 0 Å². The van der Waals surface area contributed by atoms with Crippen LogP contribution in [-0.4, -0.2) is 66.9 Å². The lowest BCUT2D eigenvalue weighted by Crippen LogP contribution is -2.49. The molecule has 1 aliphatic heterocycles. The lowest BCUT2D eigenvalue weighted by molar-refractivity contribution is -0.130. The second kappa shape index (κ2) is 8.44. The quantitative estimate of drug-likeness (QED) is 0.812. The van der Waals surface area contributed by atoms with E-state index in [4.69, 9.17) is 4.74 Å². The maximum absolute atomic E-state index is 12.1. The minimum Gasteiger partial charge on any atom is -0.462 e. The van der Waals surface area contributed by atoms with Crippen LogP contribution in [0.3, 0.4) is 0 Å². The van der Waals surface area contributed by atoms with Gasteiger partial charge in [-0.25, -0.2) is 4.79 Å². The number of hydrogen-bond acceptors (Lipinski definition) is 5. The summed E-state index contributed by atoms with van der Waals surface area (Å²) in [6.07, 6.45) is 0. The van der Waals surface area contributed by atoms with Crippen molar-refractivity contribution in [2.24, 2.45) is 0 Å². The third kappa shape index (κ3) is 5.06. The van der Waals surface area contributed by atoms with E-state index < -0.39 is 0 Å². The van der Waals surface area contributed by atoms with Gasteiger partial charge in [0.15, 0.2) is 0 Å². The minimum atomic E-state index is -0.376.